The Morgan fingerprint density at radius 2 is 2.08 bits per heavy atom. The van der Waals surface area contributed by atoms with Crippen LogP contribution in [0.4, 0.5) is 9.93 Å². The number of carbonyl (C=O) groups is 2. The van der Waals surface area contributed by atoms with Gasteiger partial charge in [-0.1, -0.05) is 11.3 Å². The van der Waals surface area contributed by atoms with Crippen molar-refractivity contribution in [3.05, 3.63) is 23.8 Å². The fourth-order valence-electron chi connectivity index (χ4n) is 3.22. The van der Waals surface area contributed by atoms with Crippen LogP contribution in [0.5, 0.6) is 0 Å². The van der Waals surface area contributed by atoms with E-state index in [1.807, 2.05) is 13.1 Å². The Hall–Kier alpha value is -2.55. The summed E-state index contributed by atoms with van der Waals surface area (Å²) in [5, 5.41) is 3.27. The smallest absolute Gasteiger partial charge is 0.324 e. The maximum atomic E-state index is 12.5. The molecule has 8 nitrogen and oxygen atoms in total. The Kier molecular flexibility index (Phi) is 4.31. The van der Waals surface area contributed by atoms with E-state index >= 15 is 0 Å². The van der Waals surface area contributed by atoms with Crippen molar-refractivity contribution in [2.24, 2.45) is 5.73 Å². The third-order valence-electron chi connectivity index (χ3n) is 4.73. The molecule has 4 rings (SSSR count). The molecule has 9 heteroatoms. The number of likely N-dealkylation sites (tertiary alicyclic amines) is 1. The molecule has 26 heavy (non-hydrogen) atoms. The van der Waals surface area contributed by atoms with E-state index in [1.54, 1.807) is 6.20 Å². The number of carbonyl (C=O) groups excluding carboxylic acids is 2. The lowest BCUT2D eigenvalue weighted by molar-refractivity contribution is -0.121. The van der Waals surface area contributed by atoms with E-state index < -0.39 is 11.9 Å². The van der Waals surface area contributed by atoms with Crippen molar-refractivity contribution in [3.63, 3.8) is 0 Å². The molecule has 1 saturated heterocycles. The number of nitrogens with zero attached hydrogens (tertiary/aromatic N) is 4. The monoisotopic (exact) mass is 372 g/mol. The number of urea groups is 1. The normalized spacial score (nSPS) is 19.6. The maximum Gasteiger partial charge on any atom is 0.324 e. The molecule has 1 unspecified atom stereocenters. The number of anilines is 1. The number of amides is 3. The van der Waals surface area contributed by atoms with E-state index in [9.17, 15) is 9.59 Å². The molecular formula is C17H20N6O2S. The molecule has 0 radical (unpaired) electrons. The topological polar surface area (TPSA) is 114 Å². The molecule has 0 spiro atoms. The van der Waals surface area contributed by atoms with Crippen LogP contribution in [0.2, 0.25) is 0 Å². The second kappa shape index (κ2) is 6.64. The van der Waals surface area contributed by atoms with Crippen LogP contribution in [-0.4, -0.2) is 44.4 Å². The van der Waals surface area contributed by atoms with Crippen molar-refractivity contribution in [2.75, 3.05) is 11.9 Å². The van der Waals surface area contributed by atoms with E-state index in [-0.39, 0.29) is 6.03 Å². The second-order valence-electron chi connectivity index (χ2n) is 6.72. The highest BCUT2D eigenvalue weighted by Gasteiger charge is 2.33. The largest absolute Gasteiger partial charge is 0.368 e. The molecule has 1 aliphatic carbocycles. The number of hydrogen-bond donors (Lipinski definition) is 2. The molecule has 2 aliphatic rings. The highest BCUT2D eigenvalue weighted by atomic mass is 32.1. The summed E-state index contributed by atoms with van der Waals surface area (Å²) in [4.78, 5) is 39.8. The summed E-state index contributed by atoms with van der Waals surface area (Å²) in [6.45, 7) is 2.40. The molecular weight excluding hydrogens is 352 g/mol. The van der Waals surface area contributed by atoms with Crippen LogP contribution in [0.1, 0.15) is 43.0 Å². The highest BCUT2D eigenvalue weighted by Crippen LogP contribution is 2.40. The van der Waals surface area contributed by atoms with E-state index in [2.05, 4.69) is 15.3 Å². The highest BCUT2D eigenvalue weighted by molar-refractivity contribution is 7.19. The van der Waals surface area contributed by atoms with Crippen molar-refractivity contribution >= 4 is 28.4 Å². The van der Waals surface area contributed by atoms with Gasteiger partial charge in [-0.3, -0.25) is 15.1 Å². The van der Waals surface area contributed by atoms with Gasteiger partial charge in [0.25, 0.3) is 0 Å². The lowest BCUT2D eigenvalue weighted by Crippen LogP contribution is -2.45. The summed E-state index contributed by atoms with van der Waals surface area (Å²) in [7, 11) is 0. The molecule has 3 N–H and O–H groups in total. The van der Waals surface area contributed by atoms with Gasteiger partial charge in [-0.2, -0.15) is 0 Å². The predicted molar refractivity (Wildman–Crippen MR) is 97.8 cm³/mol. The Morgan fingerprint density at radius 3 is 2.81 bits per heavy atom. The minimum atomic E-state index is -0.545. The van der Waals surface area contributed by atoms with Gasteiger partial charge < -0.3 is 10.6 Å². The lowest BCUT2D eigenvalue weighted by atomic mass is 10.2. The Bertz CT molecular complexity index is 863. The molecule has 0 bridgehead atoms. The molecule has 2 aromatic rings. The fourth-order valence-corrected chi connectivity index (χ4v) is 4.13. The van der Waals surface area contributed by atoms with Crippen LogP contribution in [0.3, 0.4) is 0 Å². The van der Waals surface area contributed by atoms with Gasteiger partial charge in [0, 0.05) is 18.7 Å². The standard InChI is InChI=1S/C17H20N6O2S/c1-9-14(12-8-19-7-11(21-12)10-4-5-10)26-16(20-9)22-17(25)23-6-2-3-13(23)15(18)24/h7-8,10,13H,2-6H2,1H3,(H2,18,24)(H,20,22,25). The van der Waals surface area contributed by atoms with Crippen LogP contribution in [0.15, 0.2) is 12.4 Å². The van der Waals surface area contributed by atoms with E-state index in [0.717, 1.165) is 41.2 Å². The minimum Gasteiger partial charge on any atom is -0.368 e. The van der Waals surface area contributed by atoms with E-state index in [1.165, 1.54) is 16.2 Å². The number of aryl methyl sites for hydroxylation is 1. The second-order valence-corrected chi connectivity index (χ2v) is 7.72. The first-order valence-electron chi connectivity index (χ1n) is 8.69. The van der Waals surface area contributed by atoms with Crippen LogP contribution in [0.25, 0.3) is 10.6 Å². The van der Waals surface area contributed by atoms with Crippen molar-refractivity contribution < 1.29 is 9.59 Å². The van der Waals surface area contributed by atoms with Gasteiger partial charge >= 0.3 is 6.03 Å². The molecule has 0 aromatic carbocycles. The summed E-state index contributed by atoms with van der Waals surface area (Å²) >= 11 is 1.36. The molecule has 2 fully saturated rings. The summed E-state index contributed by atoms with van der Waals surface area (Å²) < 4.78 is 0. The number of aromatic nitrogens is 3. The zero-order chi connectivity index (χ0) is 18.3. The predicted octanol–water partition coefficient (Wildman–Crippen LogP) is 2.27. The number of nitrogens with one attached hydrogen (secondary N) is 1. The average Bonchev–Trinajstić information content (AvgIpc) is 3.23. The van der Waals surface area contributed by atoms with Gasteiger partial charge in [0.1, 0.15) is 11.7 Å². The van der Waals surface area contributed by atoms with Crippen LogP contribution < -0.4 is 11.1 Å². The minimum absolute atomic E-state index is 0.343. The van der Waals surface area contributed by atoms with Crippen molar-refractivity contribution in [3.8, 4) is 10.6 Å². The van der Waals surface area contributed by atoms with Gasteiger partial charge in [0.05, 0.1) is 22.5 Å². The van der Waals surface area contributed by atoms with Crippen LogP contribution in [0, 0.1) is 6.92 Å². The van der Waals surface area contributed by atoms with Gasteiger partial charge in [0.15, 0.2) is 5.13 Å². The van der Waals surface area contributed by atoms with Gasteiger partial charge in [-0.15, -0.1) is 0 Å². The van der Waals surface area contributed by atoms with Crippen LogP contribution in [-0.2, 0) is 4.79 Å². The van der Waals surface area contributed by atoms with Gasteiger partial charge in [-0.05, 0) is 32.6 Å². The molecule has 3 heterocycles. The molecule has 1 aliphatic heterocycles. The third-order valence-corrected chi connectivity index (χ3v) is 5.83. The quantitative estimate of drug-likeness (QED) is 0.854. The summed E-state index contributed by atoms with van der Waals surface area (Å²) in [5.41, 5.74) is 7.97. The van der Waals surface area contributed by atoms with Crippen molar-refractivity contribution in [1.29, 1.82) is 0 Å². The number of thiazole rings is 1. The number of nitrogens with two attached hydrogens (primary N) is 1. The molecule has 136 valence electrons. The fraction of sp³-hybridized carbons (Fsp3) is 0.471. The SMILES string of the molecule is Cc1nc(NC(=O)N2CCCC2C(N)=O)sc1-c1cncc(C2CC2)n1. The van der Waals surface area contributed by atoms with Crippen LogP contribution >= 0.6 is 11.3 Å². The Labute approximate surface area is 154 Å². The van der Waals surface area contributed by atoms with Crippen molar-refractivity contribution in [1.82, 2.24) is 19.9 Å². The van der Waals surface area contributed by atoms with E-state index in [0.29, 0.717) is 24.0 Å². The van der Waals surface area contributed by atoms with Crippen molar-refractivity contribution in [2.45, 2.75) is 44.6 Å². The lowest BCUT2D eigenvalue weighted by Gasteiger charge is -2.21. The van der Waals surface area contributed by atoms with Gasteiger partial charge in [0.2, 0.25) is 5.91 Å². The van der Waals surface area contributed by atoms with Gasteiger partial charge in [-0.25, -0.2) is 14.8 Å². The van der Waals surface area contributed by atoms with E-state index in [4.69, 9.17) is 10.7 Å². The summed E-state index contributed by atoms with van der Waals surface area (Å²) in [6.07, 6.45) is 7.25. The Balaban J connectivity index is 1.52. The summed E-state index contributed by atoms with van der Waals surface area (Å²) in [5.74, 6) is 0.0524. The zero-order valence-corrected chi connectivity index (χ0v) is 15.3. The Morgan fingerprint density at radius 1 is 1.27 bits per heavy atom. The first kappa shape index (κ1) is 16.9. The number of primary amides is 1. The maximum absolute atomic E-state index is 12.5. The zero-order valence-electron chi connectivity index (χ0n) is 14.4. The number of hydrogen-bond acceptors (Lipinski definition) is 6. The molecule has 1 saturated carbocycles. The average molecular weight is 372 g/mol. The summed E-state index contributed by atoms with van der Waals surface area (Å²) in [6, 6.07) is -0.888. The molecule has 1 atom stereocenters. The third kappa shape index (κ3) is 3.26. The number of rotatable bonds is 4. The first-order valence-corrected chi connectivity index (χ1v) is 9.51. The molecule has 2 aromatic heterocycles. The molecule has 3 amide bonds. The first-order chi connectivity index (χ1) is 12.5.